The van der Waals surface area contributed by atoms with Crippen LogP contribution in [0, 0.1) is 0 Å². The normalized spacial score (nSPS) is 12.3. The van der Waals surface area contributed by atoms with Gasteiger partial charge >= 0.3 is 0 Å². The minimum Gasteiger partial charge on any atom is -0.343 e. The summed E-state index contributed by atoms with van der Waals surface area (Å²) in [5, 5.41) is 2.91. The molecule has 0 aliphatic carbocycles. The van der Waals surface area contributed by atoms with Gasteiger partial charge in [0.2, 0.25) is 5.91 Å². The summed E-state index contributed by atoms with van der Waals surface area (Å²) in [7, 11) is 0. The van der Waals surface area contributed by atoms with Crippen molar-refractivity contribution in [3.63, 3.8) is 0 Å². The van der Waals surface area contributed by atoms with Gasteiger partial charge < -0.3 is 9.88 Å². The number of carbonyl (C=O) groups excluding carboxylic acids is 1. The van der Waals surface area contributed by atoms with Crippen LogP contribution < -0.4 is 5.32 Å². The number of carbonyl (C=O) groups is 1. The summed E-state index contributed by atoms with van der Waals surface area (Å²) >= 11 is 0. The van der Waals surface area contributed by atoms with E-state index in [0.29, 0.717) is 0 Å². The summed E-state index contributed by atoms with van der Waals surface area (Å²) in [6, 6.07) is 8.00. The van der Waals surface area contributed by atoms with Crippen LogP contribution in [-0.4, -0.2) is 15.5 Å². The predicted octanol–water partition coefficient (Wildman–Crippen LogP) is 3.98. The van der Waals surface area contributed by atoms with Crippen LogP contribution in [0.1, 0.15) is 51.4 Å². The Labute approximate surface area is 132 Å². The lowest BCUT2D eigenvalue weighted by molar-refractivity contribution is -0.117. The number of nitrogens with one attached hydrogen (secondary N) is 1. The molecule has 4 nitrogen and oxygen atoms in total. The Hall–Kier alpha value is -2.10. The van der Waals surface area contributed by atoms with Gasteiger partial charge in [0.05, 0.1) is 17.1 Å². The van der Waals surface area contributed by atoms with E-state index in [0.717, 1.165) is 29.8 Å². The Morgan fingerprint density at radius 3 is 2.86 bits per heavy atom. The Morgan fingerprint density at radius 1 is 1.36 bits per heavy atom. The number of benzene rings is 1. The van der Waals surface area contributed by atoms with Crippen LogP contribution in [0.2, 0.25) is 0 Å². The molecule has 1 aromatic heterocycles. The van der Waals surface area contributed by atoms with E-state index in [-0.39, 0.29) is 11.9 Å². The molecule has 0 saturated heterocycles. The van der Waals surface area contributed by atoms with Gasteiger partial charge in [0, 0.05) is 6.54 Å². The minimum absolute atomic E-state index is 0.135. The molecule has 1 atom stereocenters. The van der Waals surface area contributed by atoms with Crippen LogP contribution in [0.25, 0.3) is 11.0 Å². The first kappa shape index (κ1) is 16.3. The van der Waals surface area contributed by atoms with Gasteiger partial charge in [0.15, 0.2) is 0 Å². The quantitative estimate of drug-likeness (QED) is 0.592. The van der Waals surface area contributed by atoms with Gasteiger partial charge in [-0.05, 0) is 31.6 Å². The monoisotopic (exact) mass is 299 g/mol. The molecule has 0 fully saturated rings. The fraction of sp³-hybridized carbons (Fsp3) is 0.444. The number of fused-ring (bicyclic) bond motifs is 1. The summed E-state index contributed by atoms with van der Waals surface area (Å²) in [6.45, 7) is 8.61. The maximum atomic E-state index is 11.6. The number of aryl methyl sites for hydroxylation is 1. The fourth-order valence-corrected chi connectivity index (χ4v) is 2.69. The highest BCUT2D eigenvalue weighted by molar-refractivity contribution is 5.87. The van der Waals surface area contributed by atoms with Gasteiger partial charge in [0.1, 0.15) is 5.82 Å². The molecule has 1 unspecified atom stereocenters. The Balaban J connectivity index is 2.26. The summed E-state index contributed by atoms with van der Waals surface area (Å²) in [4.78, 5) is 16.3. The van der Waals surface area contributed by atoms with Crippen molar-refractivity contribution >= 4 is 16.9 Å². The molecule has 0 aliphatic heterocycles. The molecule has 1 N–H and O–H groups in total. The van der Waals surface area contributed by atoms with Gasteiger partial charge in [-0.1, -0.05) is 44.9 Å². The van der Waals surface area contributed by atoms with Crippen molar-refractivity contribution in [3.8, 4) is 0 Å². The molecular weight excluding hydrogens is 274 g/mol. The molecule has 0 bridgehead atoms. The Morgan fingerprint density at radius 2 is 2.14 bits per heavy atom. The van der Waals surface area contributed by atoms with Gasteiger partial charge in [-0.2, -0.15) is 0 Å². The van der Waals surface area contributed by atoms with E-state index in [4.69, 9.17) is 4.98 Å². The van der Waals surface area contributed by atoms with Crippen molar-refractivity contribution in [2.75, 3.05) is 0 Å². The van der Waals surface area contributed by atoms with Gasteiger partial charge in [-0.25, -0.2) is 4.98 Å². The summed E-state index contributed by atoms with van der Waals surface area (Å²) < 4.78 is 2.24. The predicted molar refractivity (Wildman–Crippen MR) is 90.6 cm³/mol. The van der Waals surface area contributed by atoms with Crippen LogP contribution in [0.15, 0.2) is 36.9 Å². The van der Waals surface area contributed by atoms with Gasteiger partial charge in [-0.15, -0.1) is 0 Å². The summed E-state index contributed by atoms with van der Waals surface area (Å²) in [5.41, 5.74) is 2.11. The first-order valence-corrected chi connectivity index (χ1v) is 8.05. The van der Waals surface area contributed by atoms with Crippen LogP contribution in [0.4, 0.5) is 0 Å². The largest absolute Gasteiger partial charge is 0.343 e. The highest BCUT2D eigenvalue weighted by atomic mass is 16.1. The van der Waals surface area contributed by atoms with E-state index in [1.54, 1.807) is 0 Å². The van der Waals surface area contributed by atoms with E-state index in [1.807, 2.05) is 25.1 Å². The van der Waals surface area contributed by atoms with Gasteiger partial charge in [-0.3, -0.25) is 4.79 Å². The molecule has 22 heavy (non-hydrogen) atoms. The molecule has 1 amide bonds. The maximum Gasteiger partial charge on any atom is 0.243 e. The lowest BCUT2D eigenvalue weighted by Crippen LogP contribution is -2.27. The molecule has 2 aromatic rings. The second kappa shape index (κ2) is 7.78. The molecule has 1 aromatic carbocycles. The third-order valence-electron chi connectivity index (χ3n) is 3.85. The number of rotatable bonds is 8. The average molecular weight is 299 g/mol. The van der Waals surface area contributed by atoms with E-state index < -0.39 is 0 Å². The third-order valence-corrected chi connectivity index (χ3v) is 3.85. The number of unbranched alkanes of at least 4 members (excludes halogenated alkanes) is 3. The van der Waals surface area contributed by atoms with Gasteiger partial charge in [0.25, 0.3) is 0 Å². The van der Waals surface area contributed by atoms with Crippen LogP contribution >= 0.6 is 0 Å². The van der Waals surface area contributed by atoms with Crippen molar-refractivity contribution in [1.29, 1.82) is 0 Å². The Kier molecular flexibility index (Phi) is 5.75. The number of imidazole rings is 1. The fourth-order valence-electron chi connectivity index (χ4n) is 2.69. The minimum atomic E-state index is -0.169. The topological polar surface area (TPSA) is 46.9 Å². The lowest BCUT2D eigenvalue weighted by atomic mass is 10.2. The van der Waals surface area contributed by atoms with E-state index in [1.165, 1.54) is 25.3 Å². The highest BCUT2D eigenvalue weighted by Crippen LogP contribution is 2.21. The zero-order valence-electron chi connectivity index (χ0n) is 13.5. The van der Waals surface area contributed by atoms with Crippen molar-refractivity contribution in [2.45, 2.75) is 52.1 Å². The molecule has 118 valence electrons. The zero-order chi connectivity index (χ0) is 15.9. The van der Waals surface area contributed by atoms with E-state index in [9.17, 15) is 4.79 Å². The molecule has 0 spiro atoms. The number of nitrogens with zero attached hydrogens (tertiary/aromatic N) is 2. The zero-order valence-corrected chi connectivity index (χ0v) is 13.5. The second-order valence-electron chi connectivity index (χ2n) is 5.61. The molecule has 0 aliphatic rings. The first-order chi connectivity index (χ1) is 10.7. The number of para-hydroxylation sites is 2. The number of hydrogen-bond acceptors (Lipinski definition) is 2. The maximum absolute atomic E-state index is 11.6. The van der Waals surface area contributed by atoms with Crippen molar-refractivity contribution in [3.05, 3.63) is 42.7 Å². The van der Waals surface area contributed by atoms with Crippen LogP contribution in [0.3, 0.4) is 0 Å². The molecule has 4 heteroatoms. The van der Waals surface area contributed by atoms with E-state index in [2.05, 4.69) is 29.5 Å². The SMILES string of the molecule is C=CC(=O)NC(C)c1nc2ccccc2n1CCCCCC. The van der Waals surface area contributed by atoms with Crippen molar-refractivity contribution in [2.24, 2.45) is 0 Å². The second-order valence-corrected chi connectivity index (χ2v) is 5.61. The lowest BCUT2D eigenvalue weighted by Gasteiger charge is -2.15. The molecule has 0 radical (unpaired) electrons. The smallest absolute Gasteiger partial charge is 0.243 e. The number of aromatic nitrogens is 2. The standard InChI is InChI=1S/C18H25N3O/c1-4-6-7-10-13-21-16-12-9-8-11-15(16)20-18(21)14(3)19-17(22)5-2/h5,8-9,11-12,14H,2,4,6-7,10,13H2,1,3H3,(H,19,22). The van der Waals surface area contributed by atoms with Crippen molar-refractivity contribution in [1.82, 2.24) is 14.9 Å². The van der Waals surface area contributed by atoms with E-state index >= 15 is 0 Å². The summed E-state index contributed by atoms with van der Waals surface area (Å²) in [6.07, 6.45) is 6.12. The third kappa shape index (κ3) is 3.75. The summed E-state index contributed by atoms with van der Waals surface area (Å²) in [5.74, 6) is 0.741. The molecular formula is C18H25N3O. The van der Waals surface area contributed by atoms with Crippen LogP contribution in [-0.2, 0) is 11.3 Å². The van der Waals surface area contributed by atoms with Crippen molar-refractivity contribution < 1.29 is 4.79 Å². The number of amides is 1. The number of hydrogen-bond donors (Lipinski definition) is 1. The molecule has 1 heterocycles. The molecule has 2 rings (SSSR count). The van der Waals surface area contributed by atoms with Crippen LogP contribution in [0.5, 0.6) is 0 Å². The average Bonchev–Trinajstić information content (AvgIpc) is 2.90. The molecule has 0 saturated carbocycles. The highest BCUT2D eigenvalue weighted by Gasteiger charge is 2.17. The first-order valence-electron chi connectivity index (χ1n) is 8.05. The Bertz CT molecular complexity index is 645.